The Morgan fingerprint density at radius 2 is 2.18 bits per heavy atom. The van der Waals surface area contributed by atoms with E-state index in [1.807, 2.05) is 18.2 Å². The van der Waals surface area contributed by atoms with E-state index in [0.29, 0.717) is 5.92 Å². The summed E-state index contributed by atoms with van der Waals surface area (Å²) in [6.45, 7) is 7.03. The molecule has 1 aliphatic rings. The molecular formula is C13H20BrN3. The Hall–Kier alpha value is -0.610. The first-order chi connectivity index (χ1) is 8.24. The molecule has 0 saturated carbocycles. The van der Waals surface area contributed by atoms with Crippen LogP contribution < -0.4 is 5.32 Å². The van der Waals surface area contributed by atoms with Gasteiger partial charge in [0, 0.05) is 13.1 Å². The van der Waals surface area contributed by atoms with Crippen LogP contribution in [0, 0.1) is 5.92 Å². The minimum atomic E-state index is 0.661. The Morgan fingerprint density at radius 3 is 2.88 bits per heavy atom. The van der Waals surface area contributed by atoms with E-state index in [2.05, 4.69) is 38.1 Å². The summed E-state index contributed by atoms with van der Waals surface area (Å²) in [6.07, 6.45) is 2.74. The van der Waals surface area contributed by atoms with Crippen molar-refractivity contribution in [2.75, 3.05) is 31.5 Å². The number of likely N-dealkylation sites (tertiary alicyclic amines) is 1. The first-order valence-electron chi connectivity index (χ1n) is 6.33. The molecule has 1 aromatic rings. The normalized spacial score (nSPS) is 18.2. The molecule has 1 N–H and O–H groups in total. The standard InChI is InChI=1S/C13H20BrN3/c1-11(10-17-7-2-3-8-17)9-15-13-6-4-5-12(14)16-13/h4-6,11H,2-3,7-10H2,1H3,(H,15,16). The second-order valence-electron chi connectivity index (χ2n) is 4.84. The minimum absolute atomic E-state index is 0.661. The van der Waals surface area contributed by atoms with Crippen molar-refractivity contribution in [1.29, 1.82) is 0 Å². The van der Waals surface area contributed by atoms with Gasteiger partial charge in [-0.3, -0.25) is 0 Å². The molecule has 1 unspecified atom stereocenters. The van der Waals surface area contributed by atoms with Crippen molar-refractivity contribution in [2.24, 2.45) is 5.92 Å². The minimum Gasteiger partial charge on any atom is -0.370 e. The van der Waals surface area contributed by atoms with E-state index in [4.69, 9.17) is 0 Å². The molecule has 3 nitrogen and oxygen atoms in total. The molecule has 0 aromatic carbocycles. The molecule has 0 spiro atoms. The van der Waals surface area contributed by atoms with Gasteiger partial charge in [0.1, 0.15) is 10.4 Å². The van der Waals surface area contributed by atoms with Gasteiger partial charge in [0.05, 0.1) is 0 Å². The Balaban J connectivity index is 1.73. The number of hydrogen-bond donors (Lipinski definition) is 1. The number of halogens is 1. The van der Waals surface area contributed by atoms with Gasteiger partial charge in [-0.25, -0.2) is 4.98 Å². The molecule has 1 aliphatic heterocycles. The smallest absolute Gasteiger partial charge is 0.127 e. The highest BCUT2D eigenvalue weighted by molar-refractivity contribution is 9.10. The zero-order chi connectivity index (χ0) is 12.1. The molecule has 4 heteroatoms. The predicted octanol–water partition coefficient (Wildman–Crippen LogP) is 2.99. The summed E-state index contributed by atoms with van der Waals surface area (Å²) in [5.41, 5.74) is 0. The van der Waals surface area contributed by atoms with Gasteiger partial charge < -0.3 is 10.2 Å². The van der Waals surface area contributed by atoms with Gasteiger partial charge in [0.25, 0.3) is 0 Å². The highest BCUT2D eigenvalue weighted by Gasteiger charge is 2.14. The maximum atomic E-state index is 4.37. The van der Waals surface area contributed by atoms with E-state index in [9.17, 15) is 0 Å². The monoisotopic (exact) mass is 297 g/mol. The van der Waals surface area contributed by atoms with E-state index in [0.717, 1.165) is 17.0 Å². The van der Waals surface area contributed by atoms with Crippen molar-refractivity contribution in [1.82, 2.24) is 9.88 Å². The molecule has 0 radical (unpaired) electrons. The summed E-state index contributed by atoms with van der Waals surface area (Å²) in [6, 6.07) is 5.96. The summed E-state index contributed by atoms with van der Waals surface area (Å²) in [7, 11) is 0. The van der Waals surface area contributed by atoms with Crippen LogP contribution in [0.1, 0.15) is 19.8 Å². The van der Waals surface area contributed by atoms with Crippen LogP contribution in [0.25, 0.3) is 0 Å². The number of hydrogen-bond acceptors (Lipinski definition) is 3. The van der Waals surface area contributed by atoms with Crippen molar-refractivity contribution in [3.8, 4) is 0 Å². The lowest BCUT2D eigenvalue weighted by Crippen LogP contribution is -2.29. The van der Waals surface area contributed by atoms with Gasteiger partial charge in [-0.1, -0.05) is 13.0 Å². The van der Waals surface area contributed by atoms with Crippen molar-refractivity contribution in [3.05, 3.63) is 22.8 Å². The third kappa shape index (κ3) is 4.28. The van der Waals surface area contributed by atoms with E-state index >= 15 is 0 Å². The van der Waals surface area contributed by atoms with Gasteiger partial charge in [-0.2, -0.15) is 0 Å². The van der Waals surface area contributed by atoms with E-state index < -0.39 is 0 Å². The second kappa shape index (κ2) is 6.36. The first kappa shape index (κ1) is 12.8. The van der Waals surface area contributed by atoms with E-state index in [1.165, 1.54) is 32.5 Å². The molecule has 2 rings (SSSR count). The van der Waals surface area contributed by atoms with E-state index in [1.54, 1.807) is 0 Å². The van der Waals surface area contributed by atoms with Crippen LogP contribution in [-0.2, 0) is 0 Å². The lowest BCUT2D eigenvalue weighted by Gasteiger charge is -2.20. The second-order valence-corrected chi connectivity index (χ2v) is 5.65. The fourth-order valence-corrected chi connectivity index (χ4v) is 2.60. The van der Waals surface area contributed by atoms with Crippen LogP contribution in [0.4, 0.5) is 5.82 Å². The molecule has 1 saturated heterocycles. The number of nitrogens with one attached hydrogen (secondary N) is 1. The Kier molecular flexibility index (Phi) is 4.80. The summed E-state index contributed by atoms with van der Waals surface area (Å²) in [5, 5.41) is 3.39. The maximum absolute atomic E-state index is 4.37. The van der Waals surface area contributed by atoms with Crippen molar-refractivity contribution >= 4 is 21.7 Å². The fourth-order valence-electron chi connectivity index (χ4n) is 2.26. The van der Waals surface area contributed by atoms with Gasteiger partial charge in [-0.05, 0) is 59.9 Å². The van der Waals surface area contributed by atoms with Crippen molar-refractivity contribution < 1.29 is 0 Å². The third-order valence-corrected chi connectivity index (χ3v) is 3.56. The molecule has 94 valence electrons. The largest absolute Gasteiger partial charge is 0.370 e. The Bertz CT molecular complexity index is 350. The number of nitrogens with zero attached hydrogens (tertiary/aromatic N) is 2. The molecule has 1 atom stereocenters. The Morgan fingerprint density at radius 1 is 1.41 bits per heavy atom. The summed E-state index contributed by atoms with van der Waals surface area (Å²) in [4.78, 5) is 6.93. The van der Waals surface area contributed by atoms with Crippen LogP contribution in [0.5, 0.6) is 0 Å². The predicted molar refractivity (Wildman–Crippen MR) is 75.3 cm³/mol. The van der Waals surface area contributed by atoms with Crippen LogP contribution >= 0.6 is 15.9 Å². The molecule has 17 heavy (non-hydrogen) atoms. The zero-order valence-corrected chi connectivity index (χ0v) is 11.9. The topological polar surface area (TPSA) is 28.2 Å². The molecule has 2 heterocycles. The Labute approximate surface area is 112 Å². The summed E-state index contributed by atoms with van der Waals surface area (Å²) >= 11 is 3.38. The fraction of sp³-hybridized carbons (Fsp3) is 0.615. The zero-order valence-electron chi connectivity index (χ0n) is 10.3. The SMILES string of the molecule is CC(CNc1cccc(Br)n1)CN1CCCC1. The van der Waals surface area contributed by atoms with Crippen molar-refractivity contribution in [3.63, 3.8) is 0 Å². The summed E-state index contributed by atoms with van der Waals surface area (Å²) < 4.78 is 0.884. The quantitative estimate of drug-likeness (QED) is 0.847. The number of rotatable bonds is 5. The van der Waals surface area contributed by atoms with Gasteiger partial charge in [-0.15, -0.1) is 0 Å². The van der Waals surface area contributed by atoms with Crippen LogP contribution in [0.3, 0.4) is 0 Å². The summed E-state index contributed by atoms with van der Waals surface area (Å²) in [5.74, 6) is 1.61. The average Bonchev–Trinajstić information content (AvgIpc) is 2.79. The van der Waals surface area contributed by atoms with E-state index in [-0.39, 0.29) is 0 Å². The molecule has 1 aromatic heterocycles. The lowest BCUT2D eigenvalue weighted by molar-refractivity contribution is 0.294. The third-order valence-electron chi connectivity index (χ3n) is 3.12. The molecule has 0 amide bonds. The first-order valence-corrected chi connectivity index (χ1v) is 7.12. The lowest BCUT2D eigenvalue weighted by atomic mass is 10.1. The van der Waals surface area contributed by atoms with Crippen LogP contribution in [0.2, 0.25) is 0 Å². The highest BCUT2D eigenvalue weighted by Crippen LogP contribution is 2.12. The maximum Gasteiger partial charge on any atom is 0.127 e. The molecular weight excluding hydrogens is 278 g/mol. The molecule has 0 aliphatic carbocycles. The highest BCUT2D eigenvalue weighted by atomic mass is 79.9. The van der Waals surface area contributed by atoms with Gasteiger partial charge >= 0.3 is 0 Å². The number of anilines is 1. The van der Waals surface area contributed by atoms with Gasteiger partial charge in [0.15, 0.2) is 0 Å². The molecule has 1 fully saturated rings. The van der Waals surface area contributed by atoms with Crippen LogP contribution in [0.15, 0.2) is 22.8 Å². The number of pyridine rings is 1. The average molecular weight is 298 g/mol. The van der Waals surface area contributed by atoms with Gasteiger partial charge in [0.2, 0.25) is 0 Å². The van der Waals surface area contributed by atoms with Crippen molar-refractivity contribution in [2.45, 2.75) is 19.8 Å². The molecule has 0 bridgehead atoms. The number of aromatic nitrogens is 1. The van der Waals surface area contributed by atoms with Crippen LogP contribution in [-0.4, -0.2) is 36.1 Å².